The molecule has 0 amide bonds. The van der Waals surface area contributed by atoms with Gasteiger partial charge in [0.1, 0.15) is 11.4 Å². The van der Waals surface area contributed by atoms with Crippen molar-refractivity contribution >= 4 is 44.0 Å². The Morgan fingerprint density at radius 1 is 1.21 bits per heavy atom. The second kappa shape index (κ2) is 8.52. The molecular weight excluding hydrogens is 453 g/mol. The lowest BCUT2D eigenvalue weighted by Crippen LogP contribution is -2.47. The largest absolute Gasteiger partial charge is 0.477 e. The summed E-state index contributed by atoms with van der Waals surface area (Å²) in [6.45, 7) is 6.54. The number of aromatic nitrogens is 1. The number of nitrogens with zero attached hydrogens (tertiary/aromatic N) is 3. The number of fused-ring (bicyclic) bond motifs is 2. The van der Waals surface area contributed by atoms with E-state index in [4.69, 9.17) is 0 Å². The van der Waals surface area contributed by atoms with E-state index in [9.17, 15) is 14.7 Å². The fourth-order valence-corrected chi connectivity index (χ4v) is 6.31. The number of thiophene rings is 1. The van der Waals surface area contributed by atoms with Gasteiger partial charge in [-0.2, -0.15) is 0 Å². The van der Waals surface area contributed by atoms with E-state index in [2.05, 4.69) is 37.1 Å². The number of carboxylic acids is 1. The Labute approximate surface area is 200 Å². The topological polar surface area (TPSA) is 65.8 Å². The maximum absolute atomic E-state index is 15.4. The molecule has 0 aliphatic carbocycles. The number of hydrogen-bond acceptors (Lipinski definition) is 5. The molecule has 1 atom stereocenters. The minimum Gasteiger partial charge on any atom is -0.477 e. The molecule has 5 rings (SSSR count). The van der Waals surface area contributed by atoms with E-state index >= 15 is 4.39 Å². The van der Waals surface area contributed by atoms with Crippen LogP contribution in [0.5, 0.6) is 0 Å². The van der Waals surface area contributed by atoms with Gasteiger partial charge in [0, 0.05) is 47.3 Å². The van der Waals surface area contributed by atoms with Gasteiger partial charge in [0.2, 0.25) is 5.43 Å². The first-order valence-corrected chi connectivity index (χ1v) is 12.1. The average Bonchev–Trinajstić information content (AvgIpc) is 3.16. The summed E-state index contributed by atoms with van der Waals surface area (Å²) in [6, 6.07) is 11.4. The normalized spacial score (nSPS) is 17.1. The average molecular weight is 480 g/mol. The molecular formula is C26H26FN3O3S. The monoisotopic (exact) mass is 479 g/mol. The van der Waals surface area contributed by atoms with Gasteiger partial charge in [-0.3, -0.25) is 9.69 Å². The second-order valence-corrected chi connectivity index (χ2v) is 9.90. The van der Waals surface area contributed by atoms with Crippen molar-refractivity contribution in [3.63, 3.8) is 0 Å². The summed E-state index contributed by atoms with van der Waals surface area (Å²) >= 11 is 1.79. The molecule has 2 aromatic carbocycles. The van der Waals surface area contributed by atoms with E-state index in [0.29, 0.717) is 30.8 Å². The van der Waals surface area contributed by atoms with Crippen molar-refractivity contribution in [2.24, 2.45) is 0 Å². The number of hydrogen-bond donors (Lipinski definition) is 1. The highest BCUT2D eigenvalue weighted by molar-refractivity contribution is 7.19. The Morgan fingerprint density at radius 2 is 1.97 bits per heavy atom. The van der Waals surface area contributed by atoms with E-state index in [-0.39, 0.29) is 17.0 Å². The van der Waals surface area contributed by atoms with Gasteiger partial charge in [-0.15, -0.1) is 11.3 Å². The van der Waals surface area contributed by atoms with Gasteiger partial charge >= 0.3 is 5.97 Å². The van der Waals surface area contributed by atoms with E-state index in [0.717, 1.165) is 6.54 Å². The van der Waals surface area contributed by atoms with Gasteiger partial charge in [0.15, 0.2) is 0 Å². The van der Waals surface area contributed by atoms with Crippen molar-refractivity contribution in [1.82, 2.24) is 9.47 Å². The Balaban J connectivity index is 1.58. The molecule has 176 valence electrons. The number of anilines is 1. The van der Waals surface area contributed by atoms with Crippen molar-refractivity contribution < 1.29 is 14.3 Å². The zero-order chi connectivity index (χ0) is 24.1. The van der Waals surface area contributed by atoms with Crippen LogP contribution in [0.4, 0.5) is 10.1 Å². The molecule has 6 nitrogen and oxygen atoms in total. The highest BCUT2D eigenvalue weighted by Gasteiger charge is 2.30. The smallest absolute Gasteiger partial charge is 0.341 e. The molecule has 0 radical (unpaired) electrons. The Hall–Kier alpha value is -3.23. The predicted octanol–water partition coefficient (Wildman–Crippen LogP) is 4.87. The Bertz CT molecular complexity index is 1490. The number of aryl methyl sites for hydroxylation is 2. The molecule has 34 heavy (non-hydrogen) atoms. The fourth-order valence-electron chi connectivity index (χ4n) is 4.94. The number of rotatable bonds is 4. The second-order valence-electron chi connectivity index (χ2n) is 8.81. The molecule has 2 aromatic heterocycles. The number of pyridine rings is 1. The van der Waals surface area contributed by atoms with Crippen LogP contribution in [0, 0.1) is 12.7 Å². The molecule has 0 saturated carbocycles. The standard InChI is InChI=1S/C26H26FN3O3S/c1-4-29-13-18(26(32)33)24(31)17-11-19(27)21(12-20(17)29)30-10-9-28(3)22(14-30)25-15(2)16-7-5-6-8-23(16)34-25/h5-8,11-13,22H,4,9-10,14H2,1-3H3,(H,32,33). The maximum atomic E-state index is 15.4. The summed E-state index contributed by atoms with van der Waals surface area (Å²) < 4.78 is 18.3. The third kappa shape index (κ3) is 3.58. The molecule has 1 aliphatic heterocycles. The Morgan fingerprint density at radius 3 is 2.68 bits per heavy atom. The van der Waals surface area contributed by atoms with E-state index in [1.165, 1.54) is 32.8 Å². The minimum absolute atomic E-state index is 0.0917. The third-order valence-electron chi connectivity index (χ3n) is 6.89. The quantitative estimate of drug-likeness (QED) is 0.452. The van der Waals surface area contributed by atoms with Crippen LogP contribution in [0.25, 0.3) is 21.0 Å². The lowest BCUT2D eigenvalue weighted by Gasteiger charge is -2.40. The summed E-state index contributed by atoms with van der Waals surface area (Å²) in [5.41, 5.74) is 1.24. The van der Waals surface area contributed by atoms with Crippen molar-refractivity contribution in [3.05, 3.63) is 74.6 Å². The summed E-state index contributed by atoms with van der Waals surface area (Å²) in [5, 5.41) is 10.7. The molecule has 4 aromatic rings. The van der Waals surface area contributed by atoms with Crippen LogP contribution in [0.3, 0.4) is 0 Å². The SMILES string of the molecule is CCn1cc(C(=O)O)c(=O)c2cc(F)c(N3CCN(C)C(c4sc5ccccc5c4C)C3)cc21. The lowest BCUT2D eigenvalue weighted by atomic mass is 10.0. The summed E-state index contributed by atoms with van der Waals surface area (Å²) in [7, 11) is 2.10. The van der Waals surface area contributed by atoms with E-state index in [1.54, 1.807) is 22.0 Å². The van der Waals surface area contributed by atoms with Crippen LogP contribution in [0.1, 0.15) is 33.8 Å². The van der Waals surface area contributed by atoms with Crippen molar-refractivity contribution in [2.45, 2.75) is 26.4 Å². The van der Waals surface area contributed by atoms with Crippen LogP contribution in [0.15, 0.2) is 47.4 Å². The van der Waals surface area contributed by atoms with Crippen molar-refractivity contribution in [2.75, 3.05) is 31.6 Å². The molecule has 1 saturated heterocycles. The number of aromatic carboxylic acids is 1. The zero-order valence-corrected chi connectivity index (χ0v) is 20.2. The number of carbonyl (C=O) groups is 1. The minimum atomic E-state index is -1.31. The number of benzene rings is 2. The van der Waals surface area contributed by atoms with Gasteiger partial charge in [0.25, 0.3) is 0 Å². The molecule has 1 N–H and O–H groups in total. The van der Waals surface area contributed by atoms with Crippen LogP contribution >= 0.6 is 11.3 Å². The first-order chi connectivity index (χ1) is 16.3. The van der Waals surface area contributed by atoms with Crippen molar-refractivity contribution in [1.29, 1.82) is 0 Å². The van der Waals surface area contributed by atoms with E-state index < -0.39 is 17.2 Å². The number of likely N-dealkylation sites (N-methyl/N-ethyl adjacent to an activating group) is 1. The highest BCUT2D eigenvalue weighted by atomic mass is 32.1. The fraction of sp³-hybridized carbons (Fsp3) is 0.308. The van der Waals surface area contributed by atoms with E-state index in [1.807, 2.05) is 17.9 Å². The summed E-state index contributed by atoms with van der Waals surface area (Å²) in [6.07, 6.45) is 1.35. The van der Waals surface area contributed by atoms with Crippen LogP contribution in [-0.2, 0) is 6.54 Å². The van der Waals surface area contributed by atoms with Gasteiger partial charge in [-0.1, -0.05) is 18.2 Å². The number of carboxylic acid groups (broad SMARTS) is 1. The van der Waals surface area contributed by atoms with Gasteiger partial charge in [-0.05, 0) is 50.0 Å². The Kier molecular flexibility index (Phi) is 5.65. The summed E-state index contributed by atoms with van der Waals surface area (Å²) in [5.74, 6) is -1.81. The van der Waals surface area contributed by atoms with Crippen LogP contribution < -0.4 is 10.3 Å². The molecule has 0 spiro atoms. The molecule has 0 bridgehead atoms. The zero-order valence-electron chi connectivity index (χ0n) is 19.3. The maximum Gasteiger partial charge on any atom is 0.341 e. The molecule has 1 fully saturated rings. The lowest BCUT2D eigenvalue weighted by molar-refractivity contribution is 0.0695. The van der Waals surface area contributed by atoms with Crippen LogP contribution in [-0.4, -0.2) is 47.2 Å². The first kappa shape index (κ1) is 22.6. The van der Waals surface area contributed by atoms with Gasteiger partial charge < -0.3 is 14.6 Å². The van der Waals surface area contributed by atoms with Crippen molar-refractivity contribution in [3.8, 4) is 0 Å². The third-order valence-corrected chi connectivity index (χ3v) is 8.27. The summed E-state index contributed by atoms with van der Waals surface area (Å²) in [4.78, 5) is 29.8. The van der Waals surface area contributed by atoms with Gasteiger partial charge in [-0.25, -0.2) is 9.18 Å². The predicted molar refractivity (Wildman–Crippen MR) is 135 cm³/mol. The number of halogens is 1. The van der Waals surface area contributed by atoms with Gasteiger partial charge in [0.05, 0.1) is 17.2 Å². The molecule has 3 heterocycles. The molecule has 8 heteroatoms. The first-order valence-electron chi connectivity index (χ1n) is 11.3. The highest BCUT2D eigenvalue weighted by Crippen LogP contribution is 2.39. The van der Waals surface area contributed by atoms with Crippen LogP contribution in [0.2, 0.25) is 0 Å². The molecule has 1 unspecified atom stereocenters. The number of piperazine rings is 1. The molecule has 1 aliphatic rings.